The van der Waals surface area contributed by atoms with E-state index in [9.17, 15) is 18.0 Å². The van der Waals surface area contributed by atoms with Crippen LogP contribution in [0.1, 0.15) is 16.1 Å². The standard InChI is InChI=1S/C25H17ClFN5O5S/c1-38(35,36)31-25(34)22-20(14-3-2-5-28-24(14)33)21-19(9-16(27)13-4-6-37-23(13)21)32(22)10-12-7-17-18(8-15(12)26)30-11-29-17/h2-9,11H,10H2,1H3,(H,28,33)(H,29,30)(H,31,34). The Bertz CT molecular complexity index is 2090. The van der Waals surface area contributed by atoms with Crippen LogP contribution >= 0.6 is 11.6 Å². The first-order valence-corrected chi connectivity index (χ1v) is 13.4. The van der Waals surface area contributed by atoms with Crippen molar-refractivity contribution in [1.29, 1.82) is 0 Å². The normalized spacial score (nSPS) is 12.1. The number of sulfonamides is 1. The van der Waals surface area contributed by atoms with Crippen LogP contribution in [0.4, 0.5) is 4.39 Å². The third kappa shape index (κ3) is 3.85. The summed E-state index contributed by atoms with van der Waals surface area (Å²) >= 11 is 6.55. The molecule has 10 nitrogen and oxygen atoms in total. The highest BCUT2D eigenvalue weighted by Gasteiger charge is 2.30. The number of carbonyl (C=O) groups is 1. The number of nitrogens with one attached hydrogen (secondary N) is 3. The Hall–Kier alpha value is -4.42. The molecule has 13 heteroatoms. The fourth-order valence-corrected chi connectivity index (χ4v) is 5.35. The molecular formula is C25H17ClFN5O5S. The fourth-order valence-electron chi connectivity index (χ4n) is 4.69. The van der Waals surface area contributed by atoms with Gasteiger partial charge in [0.2, 0.25) is 10.0 Å². The van der Waals surface area contributed by atoms with Gasteiger partial charge in [-0.05, 0) is 42.0 Å². The number of H-pyrrole nitrogens is 2. The van der Waals surface area contributed by atoms with Crippen LogP contribution in [-0.2, 0) is 16.6 Å². The van der Waals surface area contributed by atoms with Gasteiger partial charge in [-0.15, -0.1) is 0 Å². The second-order valence-electron chi connectivity index (χ2n) is 8.71. The summed E-state index contributed by atoms with van der Waals surface area (Å²) in [6.07, 6.45) is 5.05. The topological polar surface area (TPSA) is 143 Å². The van der Waals surface area contributed by atoms with Gasteiger partial charge in [0, 0.05) is 23.3 Å². The average Bonchev–Trinajstić information content (AvgIpc) is 3.57. The number of furan rings is 1. The molecule has 0 aliphatic carbocycles. The summed E-state index contributed by atoms with van der Waals surface area (Å²) in [5.74, 6) is -1.64. The summed E-state index contributed by atoms with van der Waals surface area (Å²) < 4.78 is 48.4. The van der Waals surface area contributed by atoms with Gasteiger partial charge in [-0.2, -0.15) is 0 Å². The van der Waals surface area contributed by atoms with Crippen molar-refractivity contribution >= 4 is 60.4 Å². The zero-order valence-electron chi connectivity index (χ0n) is 19.5. The van der Waals surface area contributed by atoms with Crippen LogP contribution in [0, 0.1) is 5.82 Å². The molecule has 0 atom stereocenters. The van der Waals surface area contributed by atoms with Crippen molar-refractivity contribution in [2.24, 2.45) is 0 Å². The number of rotatable bonds is 5. The summed E-state index contributed by atoms with van der Waals surface area (Å²) in [6.45, 7) is -0.0823. The van der Waals surface area contributed by atoms with Crippen LogP contribution in [0.15, 0.2) is 64.4 Å². The first-order valence-electron chi connectivity index (χ1n) is 11.2. The number of fused-ring (bicyclic) bond motifs is 4. The van der Waals surface area contributed by atoms with Crippen molar-refractivity contribution in [1.82, 2.24) is 24.2 Å². The molecule has 0 bridgehead atoms. The van der Waals surface area contributed by atoms with Crippen molar-refractivity contribution in [3.05, 3.63) is 87.6 Å². The predicted molar refractivity (Wildman–Crippen MR) is 140 cm³/mol. The summed E-state index contributed by atoms with van der Waals surface area (Å²) in [7, 11) is -4.01. The minimum Gasteiger partial charge on any atom is -0.463 e. The Balaban J connectivity index is 1.76. The third-order valence-corrected chi connectivity index (χ3v) is 7.12. The lowest BCUT2D eigenvalue weighted by Crippen LogP contribution is -2.32. The van der Waals surface area contributed by atoms with Crippen LogP contribution in [0.25, 0.3) is 44.0 Å². The first kappa shape index (κ1) is 23.9. The molecule has 0 aliphatic heterocycles. The molecule has 3 N–H and O–H groups in total. The molecule has 0 unspecified atom stereocenters. The molecule has 4 aromatic heterocycles. The number of carbonyl (C=O) groups excluding carboxylic acids is 1. The van der Waals surface area contributed by atoms with Gasteiger partial charge in [-0.3, -0.25) is 9.59 Å². The number of pyridine rings is 1. The zero-order chi connectivity index (χ0) is 26.8. The van der Waals surface area contributed by atoms with Crippen LogP contribution in [-0.4, -0.2) is 40.1 Å². The van der Waals surface area contributed by atoms with Gasteiger partial charge >= 0.3 is 0 Å². The molecule has 0 radical (unpaired) electrons. The summed E-state index contributed by atoms with van der Waals surface area (Å²) in [5.41, 5.74) is 1.51. The van der Waals surface area contributed by atoms with Crippen molar-refractivity contribution < 1.29 is 22.0 Å². The number of aromatic amines is 2. The van der Waals surface area contributed by atoms with Gasteiger partial charge in [0.1, 0.15) is 17.1 Å². The van der Waals surface area contributed by atoms with Crippen molar-refractivity contribution in [3.8, 4) is 11.1 Å². The predicted octanol–water partition coefficient (Wildman–Crippen LogP) is 4.15. The lowest BCUT2D eigenvalue weighted by Gasteiger charge is -2.13. The average molecular weight is 554 g/mol. The van der Waals surface area contributed by atoms with Crippen LogP contribution < -0.4 is 10.3 Å². The van der Waals surface area contributed by atoms with Gasteiger partial charge in [0.25, 0.3) is 11.5 Å². The molecule has 6 rings (SSSR count). The van der Waals surface area contributed by atoms with E-state index < -0.39 is 27.3 Å². The largest absolute Gasteiger partial charge is 0.463 e. The van der Waals surface area contributed by atoms with E-state index in [0.717, 1.165) is 6.26 Å². The second kappa shape index (κ2) is 8.57. The summed E-state index contributed by atoms with van der Waals surface area (Å²) in [6, 6.07) is 9.05. The minimum absolute atomic E-state index is 0.0630. The molecule has 0 spiro atoms. The van der Waals surface area contributed by atoms with E-state index >= 15 is 4.39 Å². The maximum absolute atomic E-state index is 15.2. The fraction of sp³-hybridized carbons (Fsp3) is 0.0800. The molecule has 2 aromatic carbocycles. The second-order valence-corrected chi connectivity index (χ2v) is 10.9. The van der Waals surface area contributed by atoms with Crippen molar-refractivity contribution in [3.63, 3.8) is 0 Å². The molecule has 0 saturated carbocycles. The molecule has 0 aliphatic rings. The Labute approximate surface area is 218 Å². The molecular weight excluding hydrogens is 537 g/mol. The number of benzene rings is 2. The summed E-state index contributed by atoms with van der Waals surface area (Å²) in [5, 5.41) is 0.727. The van der Waals surface area contributed by atoms with Gasteiger partial charge < -0.3 is 19.0 Å². The van der Waals surface area contributed by atoms with E-state index in [4.69, 9.17) is 16.0 Å². The summed E-state index contributed by atoms with van der Waals surface area (Å²) in [4.78, 5) is 36.3. The number of imidazole rings is 1. The van der Waals surface area contributed by atoms with Gasteiger partial charge in [0.15, 0.2) is 0 Å². The highest BCUT2D eigenvalue weighted by Crippen LogP contribution is 2.40. The van der Waals surface area contributed by atoms with E-state index in [0.29, 0.717) is 21.6 Å². The highest BCUT2D eigenvalue weighted by atomic mass is 35.5. The molecule has 38 heavy (non-hydrogen) atoms. The van der Waals surface area contributed by atoms with E-state index in [1.165, 1.54) is 41.6 Å². The maximum Gasteiger partial charge on any atom is 0.282 e. The lowest BCUT2D eigenvalue weighted by atomic mass is 10.0. The SMILES string of the molecule is CS(=O)(=O)NC(=O)c1c(-c2ccc[nH]c2=O)c2c3occc3c(F)cc2n1Cc1cc2nc[nH]c2cc1Cl. The molecule has 0 saturated heterocycles. The van der Waals surface area contributed by atoms with E-state index in [2.05, 4.69) is 15.0 Å². The number of hydrogen-bond donors (Lipinski definition) is 3. The molecule has 4 heterocycles. The Morgan fingerprint density at radius 3 is 2.82 bits per heavy atom. The van der Waals surface area contributed by atoms with E-state index in [-0.39, 0.29) is 45.2 Å². The lowest BCUT2D eigenvalue weighted by molar-refractivity contribution is 0.0974. The third-order valence-electron chi connectivity index (χ3n) is 6.21. The number of halogens is 2. The van der Waals surface area contributed by atoms with E-state index in [1.54, 1.807) is 18.2 Å². The Kier molecular flexibility index (Phi) is 5.40. The van der Waals surface area contributed by atoms with Gasteiger partial charge in [-0.25, -0.2) is 22.5 Å². The molecule has 1 amide bonds. The molecule has 6 aromatic rings. The monoisotopic (exact) mass is 553 g/mol. The number of nitrogens with zero attached hydrogens (tertiary/aromatic N) is 2. The van der Waals surface area contributed by atoms with Crippen LogP contribution in [0.3, 0.4) is 0 Å². The Morgan fingerprint density at radius 1 is 1.24 bits per heavy atom. The smallest absolute Gasteiger partial charge is 0.282 e. The number of amides is 1. The van der Waals surface area contributed by atoms with Gasteiger partial charge in [0.05, 0.1) is 51.7 Å². The molecule has 192 valence electrons. The van der Waals surface area contributed by atoms with Crippen LogP contribution in [0.2, 0.25) is 5.02 Å². The zero-order valence-corrected chi connectivity index (χ0v) is 21.1. The Morgan fingerprint density at radius 2 is 2.05 bits per heavy atom. The minimum atomic E-state index is -4.01. The quantitative estimate of drug-likeness (QED) is 0.293. The van der Waals surface area contributed by atoms with Crippen LogP contribution in [0.5, 0.6) is 0 Å². The maximum atomic E-state index is 15.2. The van der Waals surface area contributed by atoms with E-state index in [1.807, 2.05) is 4.72 Å². The van der Waals surface area contributed by atoms with Gasteiger partial charge in [-0.1, -0.05) is 11.6 Å². The highest BCUT2D eigenvalue weighted by molar-refractivity contribution is 7.89. The van der Waals surface area contributed by atoms with Crippen molar-refractivity contribution in [2.45, 2.75) is 6.54 Å². The van der Waals surface area contributed by atoms with Crippen molar-refractivity contribution in [2.75, 3.05) is 6.26 Å². The number of aromatic nitrogens is 4. The first-order chi connectivity index (χ1) is 18.1. The molecule has 0 fully saturated rings. The number of hydrogen-bond acceptors (Lipinski definition) is 6.